The van der Waals surface area contributed by atoms with Gasteiger partial charge in [-0.05, 0) is 43.2 Å². The molecule has 1 atom stereocenters. The van der Waals surface area contributed by atoms with Crippen LogP contribution in [-0.2, 0) is 4.79 Å². The Kier molecular flexibility index (Phi) is 8.78. The number of ether oxygens (including phenoxy) is 1. The van der Waals surface area contributed by atoms with Crippen molar-refractivity contribution in [1.82, 2.24) is 0 Å². The Bertz CT molecular complexity index is 773. The third-order valence-corrected chi connectivity index (χ3v) is 6.38. The number of benzene rings is 2. The van der Waals surface area contributed by atoms with Crippen LogP contribution >= 0.6 is 11.8 Å². The summed E-state index contributed by atoms with van der Waals surface area (Å²) in [5.74, 6) is 1.46. The first-order valence-corrected chi connectivity index (χ1v) is 10.9. The molecule has 2 aromatic carbocycles. The third-order valence-electron chi connectivity index (χ3n) is 5.31. The number of carbonyl (C=O) groups excluding carboxylic acids is 2. The predicted molar refractivity (Wildman–Crippen MR) is 117 cm³/mol. The van der Waals surface area contributed by atoms with Crippen molar-refractivity contribution in [2.75, 3.05) is 12.9 Å². The number of rotatable bonds is 12. The number of methoxy groups -OCH3 is 1. The van der Waals surface area contributed by atoms with E-state index in [4.69, 9.17) is 4.74 Å². The van der Waals surface area contributed by atoms with E-state index in [1.54, 1.807) is 18.9 Å². The molecule has 3 nitrogen and oxygen atoms in total. The second kappa shape index (κ2) is 11.1. The van der Waals surface area contributed by atoms with Crippen LogP contribution in [-0.4, -0.2) is 24.9 Å². The van der Waals surface area contributed by atoms with Gasteiger partial charge in [-0.1, -0.05) is 57.0 Å². The number of ketones is 1. The molecule has 2 rings (SSSR count). The number of aldehydes is 1. The average molecular weight is 399 g/mol. The second-order valence-corrected chi connectivity index (χ2v) is 8.23. The van der Waals surface area contributed by atoms with Crippen LogP contribution in [0, 0.1) is 5.41 Å². The molecule has 150 valence electrons. The maximum atomic E-state index is 13.0. The lowest BCUT2D eigenvalue weighted by Gasteiger charge is -2.26. The first kappa shape index (κ1) is 22.2. The molecule has 0 bridgehead atoms. The molecular weight excluding hydrogens is 368 g/mol. The summed E-state index contributed by atoms with van der Waals surface area (Å²) in [6.07, 6.45) is 5.92. The Hall–Kier alpha value is -2.07. The van der Waals surface area contributed by atoms with E-state index in [0.717, 1.165) is 49.0 Å². The van der Waals surface area contributed by atoms with E-state index in [-0.39, 0.29) is 11.2 Å². The molecule has 0 saturated carbocycles. The summed E-state index contributed by atoms with van der Waals surface area (Å²) in [5, 5.41) is 0. The molecule has 0 heterocycles. The van der Waals surface area contributed by atoms with Gasteiger partial charge in [0.25, 0.3) is 0 Å². The summed E-state index contributed by atoms with van der Waals surface area (Å²) < 4.78 is 5.33. The van der Waals surface area contributed by atoms with Crippen molar-refractivity contribution < 1.29 is 14.3 Å². The van der Waals surface area contributed by atoms with Crippen molar-refractivity contribution in [2.24, 2.45) is 5.41 Å². The SMILES string of the molecule is CCCCC(C=O)(CC)CCSc1ccc(OC)cc1C(=O)c1ccccc1. The van der Waals surface area contributed by atoms with Crippen LogP contribution in [0.2, 0.25) is 0 Å². The molecule has 0 aromatic heterocycles. The monoisotopic (exact) mass is 398 g/mol. The Morgan fingerprint density at radius 2 is 1.86 bits per heavy atom. The van der Waals surface area contributed by atoms with Gasteiger partial charge in [-0.2, -0.15) is 0 Å². The van der Waals surface area contributed by atoms with Crippen LogP contribution in [0.15, 0.2) is 53.4 Å². The normalized spacial score (nSPS) is 13.0. The highest BCUT2D eigenvalue weighted by atomic mass is 32.2. The number of carbonyl (C=O) groups is 2. The Morgan fingerprint density at radius 3 is 2.46 bits per heavy atom. The van der Waals surface area contributed by atoms with Gasteiger partial charge in [0.15, 0.2) is 5.78 Å². The van der Waals surface area contributed by atoms with E-state index < -0.39 is 0 Å². The minimum Gasteiger partial charge on any atom is -0.497 e. The molecule has 2 aromatic rings. The summed E-state index contributed by atoms with van der Waals surface area (Å²) in [5.41, 5.74) is 1.06. The molecule has 4 heteroatoms. The number of unbranched alkanes of at least 4 members (excludes halogenated alkanes) is 1. The van der Waals surface area contributed by atoms with Crippen molar-refractivity contribution in [3.8, 4) is 5.75 Å². The zero-order valence-corrected chi connectivity index (χ0v) is 17.9. The molecule has 0 fully saturated rings. The molecule has 0 spiro atoms. The molecule has 0 radical (unpaired) electrons. The van der Waals surface area contributed by atoms with Crippen LogP contribution in [0.5, 0.6) is 5.75 Å². The first-order valence-electron chi connectivity index (χ1n) is 9.96. The van der Waals surface area contributed by atoms with Crippen LogP contribution in [0.1, 0.15) is 61.9 Å². The largest absolute Gasteiger partial charge is 0.497 e. The van der Waals surface area contributed by atoms with E-state index in [2.05, 4.69) is 13.8 Å². The maximum absolute atomic E-state index is 13.0. The molecule has 0 aliphatic rings. The van der Waals surface area contributed by atoms with Crippen molar-refractivity contribution >= 4 is 23.8 Å². The van der Waals surface area contributed by atoms with Crippen molar-refractivity contribution in [1.29, 1.82) is 0 Å². The minimum atomic E-state index is -0.251. The van der Waals surface area contributed by atoms with E-state index in [1.807, 2.05) is 48.5 Å². The topological polar surface area (TPSA) is 43.4 Å². The fourth-order valence-electron chi connectivity index (χ4n) is 3.26. The fourth-order valence-corrected chi connectivity index (χ4v) is 4.46. The zero-order valence-electron chi connectivity index (χ0n) is 17.1. The lowest BCUT2D eigenvalue weighted by molar-refractivity contribution is -0.117. The molecule has 0 aliphatic carbocycles. The molecule has 0 amide bonds. The van der Waals surface area contributed by atoms with Gasteiger partial charge in [0.05, 0.1) is 7.11 Å². The standard InChI is InChI=1S/C24H30O3S/c1-4-6-14-24(5-2,18-25)15-16-28-22-13-12-20(27-3)17-21(22)23(26)19-10-8-7-9-11-19/h7-13,17-18H,4-6,14-16H2,1-3H3. The van der Waals surface area contributed by atoms with Gasteiger partial charge in [-0.25, -0.2) is 0 Å². The van der Waals surface area contributed by atoms with Gasteiger partial charge in [0, 0.05) is 21.4 Å². The summed E-state index contributed by atoms with van der Waals surface area (Å²) >= 11 is 1.65. The van der Waals surface area contributed by atoms with Gasteiger partial charge in [0.2, 0.25) is 0 Å². The van der Waals surface area contributed by atoms with E-state index >= 15 is 0 Å². The molecule has 0 N–H and O–H groups in total. The number of thioether (sulfide) groups is 1. The quantitative estimate of drug-likeness (QED) is 0.243. The van der Waals surface area contributed by atoms with E-state index in [9.17, 15) is 9.59 Å². The summed E-state index contributed by atoms with van der Waals surface area (Å²) in [7, 11) is 1.60. The highest BCUT2D eigenvalue weighted by Gasteiger charge is 2.27. The predicted octanol–water partition coefficient (Wildman–Crippen LogP) is 6.19. The van der Waals surface area contributed by atoms with Crippen molar-refractivity contribution in [3.63, 3.8) is 0 Å². The van der Waals surface area contributed by atoms with E-state index in [0.29, 0.717) is 16.9 Å². The van der Waals surface area contributed by atoms with Crippen molar-refractivity contribution in [3.05, 3.63) is 59.7 Å². The molecule has 1 unspecified atom stereocenters. The molecule has 0 saturated heterocycles. The lowest BCUT2D eigenvalue weighted by atomic mass is 9.79. The van der Waals surface area contributed by atoms with Gasteiger partial charge >= 0.3 is 0 Å². The molecule has 0 aliphatic heterocycles. The Labute approximate surface area is 172 Å². The van der Waals surface area contributed by atoms with Crippen LogP contribution in [0.4, 0.5) is 0 Å². The lowest BCUT2D eigenvalue weighted by Crippen LogP contribution is -2.22. The Balaban J connectivity index is 2.19. The van der Waals surface area contributed by atoms with Crippen LogP contribution in [0.3, 0.4) is 0 Å². The van der Waals surface area contributed by atoms with Gasteiger partial charge in [0.1, 0.15) is 12.0 Å². The molecule has 28 heavy (non-hydrogen) atoms. The molecular formula is C24H30O3S. The minimum absolute atomic E-state index is 0.00914. The highest BCUT2D eigenvalue weighted by molar-refractivity contribution is 7.99. The third kappa shape index (κ3) is 5.71. The van der Waals surface area contributed by atoms with Gasteiger partial charge < -0.3 is 9.53 Å². The van der Waals surface area contributed by atoms with Gasteiger partial charge in [-0.3, -0.25) is 4.79 Å². The smallest absolute Gasteiger partial charge is 0.194 e. The average Bonchev–Trinajstić information content (AvgIpc) is 2.76. The first-order chi connectivity index (χ1) is 13.6. The van der Waals surface area contributed by atoms with Crippen LogP contribution < -0.4 is 4.74 Å². The van der Waals surface area contributed by atoms with E-state index in [1.165, 1.54) is 0 Å². The summed E-state index contributed by atoms with van der Waals surface area (Å²) in [4.78, 5) is 25.7. The van der Waals surface area contributed by atoms with Crippen molar-refractivity contribution in [2.45, 2.75) is 50.8 Å². The zero-order chi connectivity index (χ0) is 20.4. The number of hydrogen-bond donors (Lipinski definition) is 0. The second-order valence-electron chi connectivity index (χ2n) is 7.09. The Morgan fingerprint density at radius 1 is 1.11 bits per heavy atom. The fraction of sp³-hybridized carbons (Fsp3) is 0.417. The van der Waals surface area contributed by atoms with Crippen LogP contribution in [0.25, 0.3) is 0 Å². The maximum Gasteiger partial charge on any atom is 0.194 e. The summed E-state index contributed by atoms with van der Waals surface area (Å²) in [6.45, 7) is 4.24. The summed E-state index contributed by atoms with van der Waals surface area (Å²) in [6, 6.07) is 14.9. The number of hydrogen-bond acceptors (Lipinski definition) is 4. The van der Waals surface area contributed by atoms with Gasteiger partial charge in [-0.15, -0.1) is 11.8 Å². The highest BCUT2D eigenvalue weighted by Crippen LogP contribution is 2.35.